The summed E-state index contributed by atoms with van der Waals surface area (Å²) in [6.07, 6.45) is 1.58. The maximum Gasteiger partial charge on any atom is 0.128 e. The van der Waals surface area contributed by atoms with Gasteiger partial charge in [-0.1, -0.05) is 0 Å². The van der Waals surface area contributed by atoms with Crippen LogP contribution in [0.4, 0.5) is 4.39 Å². The number of rotatable bonds is 0. The quantitative estimate of drug-likeness (QED) is 0.784. The topological polar surface area (TPSA) is 38.7 Å². The molecule has 19 heavy (non-hydrogen) atoms. The van der Waals surface area contributed by atoms with E-state index in [1.54, 1.807) is 6.07 Å². The molecule has 1 N–H and O–H groups in total. The summed E-state index contributed by atoms with van der Waals surface area (Å²) in [5, 5.41) is 10.3. The van der Waals surface area contributed by atoms with Crippen LogP contribution in [0.5, 0.6) is 5.75 Å². The van der Waals surface area contributed by atoms with Gasteiger partial charge in [0, 0.05) is 30.9 Å². The van der Waals surface area contributed by atoms with Gasteiger partial charge in [0.05, 0.1) is 18.3 Å². The molecule has 3 unspecified atom stereocenters. The number of aliphatic hydroxyl groups is 1. The Morgan fingerprint density at radius 2 is 1.89 bits per heavy atom. The molecule has 0 saturated carbocycles. The number of aliphatic hydroxyl groups excluding tert-OH is 1. The fraction of sp³-hybridized carbons (Fsp3) is 0.600. The average molecular weight is 266 g/mol. The molecule has 2 aliphatic heterocycles. The maximum absolute atomic E-state index is 13.3. The van der Waals surface area contributed by atoms with Crippen LogP contribution in [0.1, 0.15) is 44.8 Å². The Morgan fingerprint density at radius 1 is 1.21 bits per heavy atom. The molecular formula is C15H19FO3. The molecule has 104 valence electrons. The van der Waals surface area contributed by atoms with Crippen molar-refractivity contribution in [3.8, 4) is 5.75 Å². The molecule has 1 aromatic carbocycles. The van der Waals surface area contributed by atoms with Crippen LogP contribution in [0, 0.1) is 5.82 Å². The Labute approximate surface area is 112 Å². The van der Waals surface area contributed by atoms with E-state index in [-0.39, 0.29) is 18.0 Å². The van der Waals surface area contributed by atoms with Crippen molar-refractivity contribution < 1.29 is 19.0 Å². The molecule has 1 spiro atoms. The van der Waals surface area contributed by atoms with Gasteiger partial charge in [-0.25, -0.2) is 4.39 Å². The van der Waals surface area contributed by atoms with Gasteiger partial charge < -0.3 is 14.6 Å². The van der Waals surface area contributed by atoms with E-state index in [1.807, 2.05) is 13.8 Å². The van der Waals surface area contributed by atoms with Crippen LogP contribution < -0.4 is 4.74 Å². The summed E-state index contributed by atoms with van der Waals surface area (Å²) < 4.78 is 25.1. The molecule has 0 radical (unpaired) electrons. The van der Waals surface area contributed by atoms with E-state index in [2.05, 4.69) is 0 Å². The monoisotopic (exact) mass is 266 g/mol. The summed E-state index contributed by atoms with van der Waals surface area (Å²) in [5.41, 5.74) is 0.246. The second-order valence-electron chi connectivity index (χ2n) is 5.85. The number of fused-ring (bicyclic) bond motifs is 1. The third-order valence-electron chi connectivity index (χ3n) is 4.01. The van der Waals surface area contributed by atoms with Gasteiger partial charge in [0.15, 0.2) is 0 Å². The highest BCUT2D eigenvalue weighted by Crippen LogP contribution is 2.46. The van der Waals surface area contributed by atoms with Gasteiger partial charge in [-0.05, 0) is 26.0 Å². The standard InChI is InChI=1S/C15H19FO3/c1-9-6-15(7-10(2)18-9)8-13(17)12-4-3-11(16)5-14(12)19-15/h3-5,9-10,13,17H,6-8H2,1-2H3. The zero-order valence-corrected chi connectivity index (χ0v) is 11.2. The molecule has 0 amide bonds. The van der Waals surface area contributed by atoms with E-state index >= 15 is 0 Å². The van der Waals surface area contributed by atoms with Crippen LogP contribution in [0.3, 0.4) is 0 Å². The molecular weight excluding hydrogens is 247 g/mol. The summed E-state index contributed by atoms with van der Waals surface area (Å²) in [5.74, 6) is 0.135. The van der Waals surface area contributed by atoms with Crippen molar-refractivity contribution in [3.63, 3.8) is 0 Å². The Bertz CT molecular complexity index is 478. The Morgan fingerprint density at radius 3 is 2.58 bits per heavy atom. The van der Waals surface area contributed by atoms with Crippen LogP contribution in [0.25, 0.3) is 0 Å². The normalized spacial score (nSPS) is 37.8. The SMILES string of the molecule is CC1CC2(CC(C)O1)CC(O)c1ccc(F)cc1O2. The second-order valence-corrected chi connectivity index (χ2v) is 5.85. The fourth-order valence-electron chi connectivity index (χ4n) is 3.48. The van der Waals surface area contributed by atoms with E-state index in [1.165, 1.54) is 12.1 Å². The summed E-state index contributed by atoms with van der Waals surface area (Å²) in [6.45, 7) is 4.02. The highest BCUT2D eigenvalue weighted by atomic mass is 19.1. The molecule has 0 aromatic heterocycles. The Kier molecular flexibility index (Phi) is 3.02. The first-order valence-electron chi connectivity index (χ1n) is 6.79. The minimum Gasteiger partial charge on any atom is -0.486 e. The lowest BCUT2D eigenvalue weighted by atomic mass is 9.79. The van der Waals surface area contributed by atoms with Crippen LogP contribution in [-0.4, -0.2) is 22.9 Å². The first-order valence-corrected chi connectivity index (χ1v) is 6.79. The number of hydrogen-bond donors (Lipinski definition) is 1. The summed E-state index contributed by atoms with van der Waals surface area (Å²) in [7, 11) is 0. The Balaban J connectivity index is 1.95. The van der Waals surface area contributed by atoms with Crippen molar-refractivity contribution in [1.29, 1.82) is 0 Å². The van der Waals surface area contributed by atoms with E-state index < -0.39 is 11.7 Å². The lowest BCUT2D eigenvalue weighted by Crippen LogP contribution is -2.50. The highest BCUT2D eigenvalue weighted by molar-refractivity contribution is 5.38. The van der Waals surface area contributed by atoms with Crippen molar-refractivity contribution in [3.05, 3.63) is 29.6 Å². The van der Waals surface area contributed by atoms with Gasteiger partial charge in [0.25, 0.3) is 0 Å². The zero-order chi connectivity index (χ0) is 13.6. The molecule has 0 aliphatic carbocycles. The number of ether oxygens (including phenoxy) is 2. The average Bonchev–Trinajstić information content (AvgIpc) is 2.25. The lowest BCUT2D eigenvalue weighted by Gasteiger charge is -2.46. The van der Waals surface area contributed by atoms with Gasteiger partial charge in [-0.3, -0.25) is 0 Å². The summed E-state index contributed by atoms with van der Waals surface area (Å²) >= 11 is 0. The van der Waals surface area contributed by atoms with Crippen LogP contribution in [0.2, 0.25) is 0 Å². The van der Waals surface area contributed by atoms with Crippen molar-refractivity contribution in [2.45, 2.75) is 57.0 Å². The van der Waals surface area contributed by atoms with E-state index in [9.17, 15) is 9.50 Å². The zero-order valence-electron chi connectivity index (χ0n) is 11.2. The molecule has 3 rings (SSSR count). The fourth-order valence-corrected chi connectivity index (χ4v) is 3.48. The van der Waals surface area contributed by atoms with Gasteiger partial charge in [0.1, 0.15) is 17.2 Å². The predicted octanol–water partition coefficient (Wildman–Crippen LogP) is 2.97. The predicted molar refractivity (Wildman–Crippen MR) is 68.6 cm³/mol. The smallest absolute Gasteiger partial charge is 0.128 e. The summed E-state index contributed by atoms with van der Waals surface area (Å²) in [4.78, 5) is 0. The number of benzene rings is 1. The highest BCUT2D eigenvalue weighted by Gasteiger charge is 2.45. The van der Waals surface area contributed by atoms with E-state index in [0.29, 0.717) is 17.7 Å². The van der Waals surface area contributed by atoms with Gasteiger partial charge in [0.2, 0.25) is 0 Å². The van der Waals surface area contributed by atoms with Gasteiger partial charge >= 0.3 is 0 Å². The molecule has 3 atom stereocenters. The van der Waals surface area contributed by atoms with Crippen molar-refractivity contribution in [2.75, 3.05) is 0 Å². The van der Waals surface area contributed by atoms with Crippen molar-refractivity contribution in [2.24, 2.45) is 0 Å². The Hall–Kier alpha value is -1.13. The number of hydrogen-bond acceptors (Lipinski definition) is 3. The first-order chi connectivity index (χ1) is 8.97. The van der Waals surface area contributed by atoms with Crippen LogP contribution >= 0.6 is 0 Å². The molecule has 1 saturated heterocycles. The minimum absolute atomic E-state index is 0.0889. The molecule has 0 bridgehead atoms. The molecule has 1 fully saturated rings. The molecule has 1 aromatic rings. The largest absolute Gasteiger partial charge is 0.486 e. The van der Waals surface area contributed by atoms with Crippen LogP contribution in [0.15, 0.2) is 18.2 Å². The third kappa shape index (κ3) is 2.35. The van der Waals surface area contributed by atoms with Gasteiger partial charge in [-0.15, -0.1) is 0 Å². The molecule has 3 nitrogen and oxygen atoms in total. The first kappa shape index (κ1) is 12.9. The number of halogens is 1. The van der Waals surface area contributed by atoms with Crippen LogP contribution in [-0.2, 0) is 4.74 Å². The molecule has 2 heterocycles. The second kappa shape index (κ2) is 4.46. The van der Waals surface area contributed by atoms with E-state index in [0.717, 1.165) is 12.8 Å². The van der Waals surface area contributed by atoms with Crippen molar-refractivity contribution >= 4 is 0 Å². The van der Waals surface area contributed by atoms with Gasteiger partial charge in [-0.2, -0.15) is 0 Å². The molecule has 2 aliphatic rings. The lowest BCUT2D eigenvalue weighted by molar-refractivity contribution is -0.140. The maximum atomic E-state index is 13.3. The van der Waals surface area contributed by atoms with Crippen molar-refractivity contribution in [1.82, 2.24) is 0 Å². The minimum atomic E-state index is -0.596. The summed E-state index contributed by atoms with van der Waals surface area (Å²) in [6, 6.07) is 4.33. The third-order valence-corrected chi connectivity index (χ3v) is 4.01. The molecule has 4 heteroatoms. The van der Waals surface area contributed by atoms with E-state index in [4.69, 9.17) is 9.47 Å².